The number of carbonyl (C=O) groups excluding carboxylic acids is 1. The standard InChI is InChI=1S/C13H17NO2S.C2H6/c1-10-3-5-13(6-4-10)17(16)14-8-7-12(15)9-11(14)2;1-2/h3-6,11H,7-9H2,1-2H3;1-2H3. The van der Waals surface area contributed by atoms with Crippen LogP contribution in [0.1, 0.15) is 39.2 Å². The Hall–Kier alpha value is -1.00. The highest BCUT2D eigenvalue weighted by Crippen LogP contribution is 2.20. The molecule has 1 heterocycles. The molecule has 1 aliphatic rings. The number of rotatable bonds is 2. The van der Waals surface area contributed by atoms with Gasteiger partial charge in [-0.25, -0.2) is 8.51 Å². The molecule has 2 rings (SSSR count). The maximum atomic E-state index is 12.4. The van der Waals surface area contributed by atoms with E-state index in [1.807, 2.05) is 56.3 Å². The smallest absolute Gasteiger partial charge is 0.135 e. The zero-order chi connectivity index (χ0) is 14.4. The first-order valence-corrected chi connectivity index (χ1v) is 7.95. The van der Waals surface area contributed by atoms with E-state index in [0.717, 1.165) is 10.5 Å². The van der Waals surface area contributed by atoms with E-state index < -0.39 is 11.0 Å². The van der Waals surface area contributed by atoms with Crippen LogP contribution in [0.25, 0.3) is 0 Å². The summed E-state index contributed by atoms with van der Waals surface area (Å²) in [6.07, 6.45) is 1.03. The fourth-order valence-corrected chi connectivity index (χ4v) is 3.32. The van der Waals surface area contributed by atoms with Crippen molar-refractivity contribution in [3.05, 3.63) is 29.8 Å². The van der Waals surface area contributed by atoms with Gasteiger partial charge >= 0.3 is 0 Å². The predicted octanol–water partition coefficient (Wildman–Crippen LogP) is 3.10. The molecule has 19 heavy (non-hydrogen) atoms. The van der Waals surface area contributed by atoms with Gasteiger partial charge in [-0.15, -0.1) is 0 Å². The molecule has 0 aromatic heterocycles. The molecule has 1 fully saturated rings. The minimum atomic E-state index is -1.14. The SMILES string of the molecule is CC.Cc1ccc(S(=O)N2CCC(=O)CC2C)cc1. The summed E-state index contributed by atoms with van der Waals surface area (Å²) in [6.45, 7) is 8.57. The Kier molecular flexibility index (Phi) is 6.38. The van der Waals surface area contributed by atoms with Crippen molar-refractivity contribution < 1.29 is 9.00 Å². The summed E-state index contributed by atoms with van der Waals surface area (Å²) in [7, 11) is -1.14. The number of piperidine rings is 1. The number of carbonyl (C=O) groups is 1. The molecule has 0 bridgehead atoms. The summed E-state index contributed by atoms with van der Waals surface area (Å²) in [5, 5.41) is 0. The van der Waals surface area contributed by atoms with Crippen LogP contribution in [0.5, 0.6) is 0 Å². The van der Waals surface area contributed by atoms with Crippen molar-refractivity contribution in [2.24, 2.45) is 0 Å². The predicted molar refractivity (Wildman–Crippen MR) is 79.3 cm³/mol. The Bertz CT molecular complexity index is 442. The molecule has 1 aliphatic heterocycles. The summed E-state index contributed by atoms with van der Waals surface area (Å²) >= 11 is 0. The summed E-state index contributed by atoms with van der Waals surface area (Å²) in [4.78, 5) is 12.1. The van der Waals surface area contributed by atoms with Crippen molar-refractivity contribution >= 4 is 16.8 Å². The molecule has 2 atom stereocenters. The molecule has 0 saturated carbocycles. The van der Waals surface area contributed by atoms with Crippen LogP contribution in [0.2, 0.25) is 0 Å². The van der Waals surface area contributed by atoms with Crippen LogP contribution in [0.3, 0.4) is 0 Å². The second-order valence-electron chi connectivity index (χ2n) is 4.54. The zero-order valence-corrected chi connectivity index (χ0v) is 13.0. The maximum Gasteiger partial charge on any atom is 0.135 e. The second-order valence-corrected chi connectivity index (χ2v) is 5.98. The molecule has 0 radical (unpaired) electrons. The Morgan fingerprint density at radius 2 is 1.79 bits per heavy atom. The quantitative estimate of drug-likeness (QED) is 0.835. The molecule has 4 heteroatoms. The Morgan fingerprint density at radius 3 is 2.32 bits per heavy atom. The highest BCUT2D eigenvalue weighted by Gasteiger charge is 2.28. The van der Waals surface area contributed by atoms with Gasteiger partial charge in [0.05, 0.1) is 4.90 Å². The number of aryl methyl sites for hydroxylation is 1. The van der Waals surface area contributed by atoms with Gasteiger partial charge in [-0.3, -0.25) is 4.79 Å². The third-order valence-corrected chi connectivity index (χ3v) is 4.71. The molecule has 0 N–H and O–H groups in total. The van der Waals surface area contributed by atoms with E-state index >= 15 is 0 Å². The van der Waals surface area contributed by atoms with E-state index in [2.05, 4.69) is 0 Å². The van der Waals surface area contributed by atoms with Gasteiger partial charge in [0, 0.05) is 25.4 Å². The van der Waals surface area contributed by atoms with Crippen LogP contribution < -0.4 is 0 Å². The number of ketones is 1. The third-order valence-electron chi connectivity index (χ3n) is 3.06. The largest absolute Gasteiger partial charge is 0.300 e. The number of hydrogen-bond donors (Lipinski definition) is 0. The first kappa shape index (κ1) is 16.1. The van der Waals surface area contributed by atoms with E-state index in [1.165, 1.54) is 0 Å². The molecule has 106 valence electrons. The van der Waals surface area contributed by atoms with Crippen LogP contribution in [-0.2, 0) is 15.8 Å². The second kappa shape index (κ2) is 7.56. The average Bonchev–Trinajstić information content (AvgIpc) is 2.41. The van der Waals surface area contributed by atoms with E-state index in [9.17, 15) is 9.00 Å². The van der Waals surface area contributed by atoms with Crippen molar-refractivity contribution in [3.8, 4) is 0 Å². The molecule has 1 aromatic carbocycles. The molecule has 0 aliphatic carbocycles. The van der Waals surface area contributed by atoms with Crippen molar-refractivity contribution in [2.45, 2.75) is 51.5 Å². The lowest BCUT2D eigenvalue weighted by atomic mass is 10.1. The third kappa shape index (κ3) is 4.25. The minimum Gasteiger partial charge on any atom is -0.300 e. The van der Waals surface area contributed by atoms with Crippen LogP contribution in [0, 0.1) is 6.92 Å². The van der Waals surface area contributed by atoms with Crippen molar-refractivity contribution in [2.75, 3.05) is 6.54 Å². The lowest BCUT2D eigenvalue weighted by Gasteiger charge is -2.31. The Labute approximate surface area is 118 Å². The lowest BCUT2D eigenvalue weighted by Crippen LogP contribution is -2.41. The van der Waals surface area contributed by atoms with Crippen LogP contribution in [-0.4, -0.2) is 26.9 Å². The maximum absolute atomic E-state index is 12.4. The van der Waals surface area contributed by atoms with Gasteiger partial charge in [0.1, 0.15) is 16.8 Å². The van der Waals surface area contributed by atoms with Crippen LogP contribution in [0.4, 0.5) is 0 Å². The molecule has 2 unspecified atom stereocenters. The molecular weight excluding hydrogens is 258 g/mol. The minimum absolute atomic E-state index is 0.0680. The summed E-state index contributed by atoms with van der Waals surface area (Å²) in [6, 6.07) is 7.79. The van der Waals surface area contributed by atoms with E-state index in [1.54, 1.807) is 0 Å². The topological polar surface area (TPSA) is 37.4 Å². The summed E-state index contributed by atoms with van der Waals surface area (Å²) in [5.41, 5.74) is 1.16. The van der Waals surface area contributed by atoms with Crippen LogP contribution in [0.15, 0.2) is 29.2 Å². The van der Waals surface area contributed by atoms with Gasteiger partial charge in [0.2, 0.25) is 0 Å². The number of benzene rings is 1. The van der Waals surface area contributed by atoms with Gasteiger partial charge in [-0.2, -0.15) is 0 Å². The zero-order valence-electron chi connectivity index (χ0n) is 12.2. The summed E-state index contributed by atoms with van der Waals surface area (Å²) < 4.78 is 14.3. The first-order chi connectivity index (χ1) is 9.08. The van der Waals surface area contributed by atoms with Gasteiger partial charge in [0.25, 0.3) is 0 Å². The first-order valence-electron chi connectivity index (χ1n) is 6.85. The fraction of sp³-hybridized carbons (Fsp3) is 0.533. The summed E-state index contributed by atoms with van der Waals surface area (Å²) in [5.74, 6) is 0.273. The van der Waals surface area contributed by atoms with E-state index in [0.29, 0.717) is 19.4 Å². The molecule has 3 nitrogen and oxygen atoms in total. The van der Waals surface area contributed by atoms with Gasteiger partial charge in [0.15, 0.2) is 0 Å². The Morgan fingerprint density at radius 1 is 1.21 bits per heavy atom. The average molecular weight is 281 g/mol. The fourth-order valence-electron chi connectivity index (χ4n) is 2.03. The van der Waals surface area contributed by atoms with Crippen molar-refractivity contribution in [1.82, 2.24) is 4.31 Å². The molecule has 0 spiro atoms. The highest BCUT2D eigenvalue weighted by atomic mass is 32.2. The lowest BCUT2D eigenvalue weighted by molar-refractivity contribution is -0.121. The van der Waals surface area contributed by atoms with Gasteiger partial charge < -0.3 is 0 Å². The molecule has 1 aromatic rings. The molecule has 0 amide bonds. The number of hydrogen-bond acceptors (Lipinski definition) is 2. The van der Waals surface area contributed by atoms with Gasteiger partial charge in [-0.05, 0) is 26.0 Å². The monoisotopic (exact) mass is 281 g/mol. The number of nitrogens with zero attached hydrogens (tertiary/aromatic N) is 1. The molecular formula is C15H23NO2S. The van der Waals surface area contributed by atoms with Crippen molar-refractivity contribution in [3.63, 3.8) is 0 Å². The van der Waals surface area contributed by atoms with E-state index in [4.69, 9.17) is 0 Å². The highest BCUT2D eigenvalue weighted by molar-refractivity contribution is 7.82. The van der Waals surface area contributed by atoms with Crippen LogP contribution >= 0.6 is 0 Å². The number of Topliss-reactive ketones (excluding diaryl/α,β-unsaturated/α-hetero) is 1. The Balaban J connectivity index is 0.000000861. The van der Waals surface area contributed by atoms with E-state index in [-0.39, 0.29) is 11.8 Å². The molecule has 1 saturated heterocycles. The van der Waals surface area contributed by atoms with Crippen molar-refractivity contribution in [1.29, 1.82) is 0 Å². The normalized spacial score (nSPS) is 21.5. The van der Waals surface area contributed by atoms with Gasteiger partial charge in [-0.1, -0.05) is 31.5 Å².